The summed E-state index contributed by atoms with van der Waals surface area (Å²) in [6, 6.07) is 6.27. The second-order valence-electron chi connectivity index (χ2n) is 6.33. The van der Waals surface area contributed by atoms with Crippen LogP contribution in [0.1, 0.15) is 23.9 Å². The Morgan fingerprint density at radius 1 is 1.28 bits per heavy atom. The number of nitrogens with zero attached hydrogens (tertiary/aromatic N) is 2. The van der Waals surface area contributed by atoms with Gasteiger partial charge in [-0.25, -0.2) is 4.39 Å². The number of rotatable bonds is 5. The lowest BCUT2D eigenvalue weighted by Crippen LogP contribution is -2.34. The van der Waals surface area contributed by atoms with Gasteiger partial charge in [0.25, 0.3) is 11.1 Å². The van der Waals surface area contributed by atoms with E-state index in [-0.39, 0.29) is 16.5 Å². The number of esters is 1. The molecule has 1 saturated heterocycles. The van der Waals surface area contributed by atoms with Crippen LogP contribution in [-0.2, 0) is 14.3 Å². The molecule has 1 aliphatic heterocycles. The Morgan fingerprint density at radius 3 is 2.66 bits per heavy atom. The maximum Gasteiger partial charge on any atom is 0.326 e. The summed E-state index contributed by atoms with van der Waals surface area (Å²) in [5, 5.41) is -0.509. The van der Waals surface area contributed by atoms with E-state index in [4.69, 9.17) is 16.3 Å². The lowest BCUT2D eigenvalue weighted by atomic mass is 10.2. The Kier molecular flexibility index (Phi) is 6.14. The van der Waals surface area contributed by atoms with Gasteiger partial charge < -0.3 is 9.30 Å². The van der Waals surface area contributed by atoms with Gasteiger partial charge >= 0.3 is 5.97 Å². The van der Waals surface area contributed by atoms with Gasteiger partial charge in [-0.05, 0) is 68.4 Å². The highest BCUT2D eigenvalue weighted by Gasteiger charge is 2.36. The lowest BCUT2D eigenvalue weighted by Gasteiger charge is -2.11. The number of hydrogen-bond donors (Lipinski definition) is 0. The fourth-order valence-corrected chi connectivity index (χ4v) is 4.07. The average Bonchev–Trinajstić information content (AvgIpc) is 3.08. The molecule has 6 nitrogen and oxygen atoms in total. The first-order chi connectivity index (χ1) is 13.7. The van der Waals surface area contributed by atoms with Crippen LogP contribution in [0.4, 0.5) is 9.18 Å². The number of carbonyl (C=O) groups excluding carboxylic acids is 3. The van der Waals surface area contributed by atoms with E-state index >= 15 is 0 Å². The largest absolute Gasteiger partial charge is 0.465 e. The number of halogens is 2. The Balaban J connectivity index is 1.91. The third-order valence-corrected chi connectivity index (χ3v) is 5.58. The van der Waals surface area contributed by atoms with Crippen molar-refractivity contribution < 1.29 is 23.5 Å². The van der Waals surface area contributed by atoms with Crippen molar-refractivity contribution >= 4 is 46.6 Å². The van der Waals surface area contributed by atoms with Crippen LogP contribution in [0.5, 0.6) is 0 Å². The molecule has 1 aliphatic rings. The first kappa shape index (κ1) is 21.1. The summed E-state index contributed by atoms with van der Waals surface area (Å²) in [7, 11) is 0. The van der Waals surface area contributed by atoms with E-state index in [0.717, 1.165) is 33.6 Å². The Morgan fingerprint density at radius 2 is 2.00 bits per heavy atom. The van der Waals surface area contributed by atoms with E-state index in [1.807, 2.05) is 24.5 Å². The van der Waals surface area contributed by atoms with Crippen molar-refractivity contribution in [2.45, 2.75) is 20.8 Å². The highest BCUT2D eigenvalue weighted by molar-refractivity contribution is 8.18. The molecule has 1 aromatic carbocycles. The smallest absolute Gasteiger partial charge is 0.326 e. The third-order valence-electron chi connectivity index (χ3n) is 4.38. The highest BCUT2D eigenvalue weighted by Crippen LogP contribution is 2.34. The van der Waals surface area contributed by atoms with E-state index in [2.05, 4.69) is 0 Å². The Labute approximate surface area is 176 Å². The van der Waals surface area contributed by atoms with Gasteiger partial charge in [0.1, 0.15) is 12.4 Å². The molecule has 0 saturated carbocycles. The average molecular weight is 437 g/mol. The molecule has 29 heavy (non-hydrogen) atoms. The number of imide groups is 1. The van der Waals surface area contributed by atoms with Crippen LogP contribution in [0.2, 0.25) is 5.02 Å². The summed E-state index contributed by atoms with van der Waals surface area (Å²) in [6.45, 7) is 5.12. The van der Waals surface area contributed by atoms with Crippen molar-refractivity contribution in [1.29, 1.82) is 0 Å². The summed E-state index contributed by atoms with van der Waals surface area (Å²) in [6.07, 6.45) is 1.61. The van der Waals surface area contributed by atoms with Crippen molar-refractivity contribution in [1.82, 2.24) is 9.47 Å². The van der Waals surface area contributed by atoms with Crippen LogP contribution in [0, 0.1) is 19.7 Å². The van der Waals surface area contributed by atoms with Gasteiger partial charge in [-0.1, -0.05) is 11.6 Å². The zero-order valence-electron chi connectivity index (χ0n) is 16.0. The molecule has 0 spiro atoms. The minimum absolute atomic E-state index is 0.0108. The van der Waals surface area contributed by atoms with Crippen LogP contribution < -0.4 is 0 Å². The molecule has 0 radical (unpaired) electrons. The fourth-order valence-electron chi connectivity index (χ4n) is 3.07. The van der Waals surface area contributed by atoms with Crippen molar-refractivity contribution in [2.75, 3.05) is 13.2 Å². The summed E-state index contributed by atoms with van der Waals surface area (Å²) in [4.78, 5) is 37.4. The molecule has 9 heteroatoms. The normalized spacial score (nSPS) is 15.5. The molecule has 152 valence electrons. The predicted molar refractivity (Wildman–Crippen MR) is 110 cm³/mol. The monoisotopic (exact) mass is 436 g/mol. The molecule has 0 unspecified atom stereocenters. The zero-order valence-corrected chi connectivity index (χ0v) is 17.6. The van der Waals surface area contributed by atoms with Crippen LogP contribution >= 0.6 is 23.4 Å². The standard InChI is InChI=1S/C20H18ClFN2O4S/c1-4-28-18(25)10-23-19(26)17(29-20(23)27)8-13-7-11(2)24(12(13)3)14-5-6-16(22)15(21)9-14/h5-9H,4,10H2,1-3H3. The zero-order chi connectivity index (χ0) is 21.3. The Hall–Kier alpha value is -2.58. The molecular weight excluding hydrogens is 419 g/mol. The molecule has 2 amide bonds. The molecule has 0 N–H and O–H groups in total. The molecular formula is C20H18ClFN2O4S. The number of carbonyl (C=O) groups is 3. The Bertz CT molecular complexity index is 1050. The van der Waals surface area contributed by atoms with Crippen molar-refractivity contribution in [2.24, 2.45) is 0 Å². The van der Waals surface area contributed by atoms with E-state index < -0.39 is 29.5 Å². The van der Waals surface area contributed by atoms with Gasteiger partial charge in [-0.15, -0.1) is 0 Å². The van der Waals surface area contributed by atoms with Gasteiger partial charge in [0, 0.05) is 17.1 Å². The number of aryl methyl sites for hydroxylation is 1. The van der Waals surface area contributed by atoms with Crippen molar-refractivity contribution in [3.05, 3.63) is 57.0 Å². The number of ether oxygens (including phenoxy) is 1. The minimum Gasteiger partial charge on any atom is -0.465 e. The lowest BCUT2D eigenvalue weighted by molar-refractivity contribution is -0.145. The summed E-state index contributed by atoms with van der Waals surface area (Å²) in [5.74, 6) is -1.68. The SMILES string of the molecule is CCOC(=O)CN1C(=O)SC(=Cc2cc(C)n(-c3ccc(F)c(Cl)c3)c2C)C1=O. The maximum absolute atomic E-state index is 13.5. The predicted octanol–water partition coefficient (Wildman–Crippen LogP) is 4.49. The first-order valence-electron chi connectivity index (χ1n) is 8.78. The van der Waals surface area contributed by atoms with E-state index in [1.54, 1.807) is 19.1 Å². The van der Waals surface area contributed by atoms with Crippen molar-refractivity contribution in [3.63, 3.8) is 0 Å². The van der Waals surface area contributed by atoms with Crippen molar-refractivity contribution in [3.8, 4) is 5.69 Å². The molecule has 1 fully saturated rings. The van der Waals surface area contributed by atoms with Gasteiger partial charge in [-0.3, -0.25) is 19.3 Å². The summed E-state index contributed by atoms with van der Waals surface area (Å²) < 4.78 is 20.2. The van der Waals surface area contributed by atoms with E-state index in [1.165, 1.54) is 12.1 Å². The second kappa shape index (κ2) is 8.42. The van der Waals surface area contributed by atoms with Crippen LogP contribution in [0.25, 0.3) is 11.8 Å². The third kappa shape index (κ3) is 4.23. The quantitative estimate of drug-likeness (QED) is 0.510. The molecule has 0 bridgehead atoms. The minimum atomic E-state index is -0.637. The second-order valence-corrected chi connectivity index (χ2v) is 7.73. The van der Waals surface area contributed by atoms with Gasteiger partial charge in [0.05, 0.1) is 16.5 Å². The molecule has 2 heterocycles. The molecule has 3 rings (SSSR count). The van der Waals surface area contributed by atoms with Crippen LogP contribution in [0.15, 0.2) is 29.2 Å². The summed E-state index contributed by atoms with van der Waals surface area (Å²) in [5.41, 5.74) is 3.05. The van der Waals surface area contributed by atoms with Crippen LogP contribution in [0.3, 0.4) is 0 Å². The molecule has 0 aliphatic carbocycles. The molecule has 1 aromatic heterocycles. The highest BCUT2D eigenvalue weighted by atomic mass is 35.5. The number of hydrogen-bond acceptors (Lipinski definition) is 5. The van der Waals surface area contributed by atoms with E-state index in [0.29, 0.717) is 5.69 Å². The first-order valence-corrected chi connectivity index (χ1v) is 9.97. The number of aromatic nitrogens is 1. The van der Waals surface area contributed by atoms with Gasteiger partial charge in [0.15, 0.2) is 0 Å². The molecule has 0 atom stereocenters. The van der Waals surface area contributed by atoms with Gasteiger partial charge in [0.2, 0.25) is 0 Å². The maximum atomic E-state index is 13.5. The van der Waals surface area contributed by atoms with Gasteiger partial charge in [-0.2, -0.15) is 0 Å². The number of amides is 2. The molecule has 2 aromatic rings. The number of thioether (sulfide) groups is 1. The van der Waals surface area contributed by atoms with Crippen LogP contribution in [-0.4, -0.2) is 39.7 Å². The number of benzene rings is 1. The topological polar surface area (TPSA) is 68.6 Å². The van der Waals surface area contributed by atoms with E-state index in [9.17, 15) is 18.8 Å². The fraction of sp³-hybridized carbons (Fsp3) is 0.250. The summed E-state index contributed by atoms with van der Waals surface area (Å²) >= 11 is 6.67.